The standard InChI is InChI=1S/C21H36N4O.HI/c1-7-25(8-2)20(26)19-13-11-18(12-14-19)15-23-21(22-6)24-17(5)10-9-16(3)4;/h11-14,16-17H,7-10,15H2,1-6H3,(H2,22,23,24);1H. The molecule has 0 saturated heterocycles. The van der Waals surface area contributed by atoms with E-state index >= 15 is 0 Å². The lowest BCUT2D eigenvalue weighted by atomic mass is 10.0. The van der Waals surface area contributed by atoms with Gasteiger partial charge in [0.1, 0.15) is 0 Å². The summed E-state index contributed by atoms with van der Waals surface area (Å²) in [7, 11) is 1.79. The number of hydrogen-bond acceptors (Lipinski definition) is 2. The highest BCUT2D eigenvalue weighted by Gasteiger charge is 2.12. The average molecular weight is 488 g/mol. The smallest absolute Gasteiger partial charge is 0.253 e. The number of nitrogens with one attached hydrogen (secondary N) is 2. The summed E-state index contributed by atoms with van der Waals surface area (Å²) in [6.07, 6.45) is 2.33. The molecule has 1 aromatic carbocycles. The van der Waals surface area contributed by atoms with Crippen molar-refractivity contribution in [3.05, 3.63) is 35.4 Å². The monoisotopic (exact) mass is 488 g/mol. The first-order chi connectivity index (χ1) is 12.4. The van der Waals surface area contributed by atoms with Crippen molar-refractivity contribution in [1.29, 1.82) is 0 Å². The third kappa shape index (κ3) is 9.44. The zero-order valence-electron chi connectivity index (χ0n) is 17.7. The molecule has 0 aliphatic rings. The van der Waals surface area contributed by atoms with Gasteiger partial charge in [-0.2, -0.15) is 0 Å². The third-order valence-electron chi connectivity index (χ3n) is 4.50. The SMILES string of the molecule is CCN(CC)C(=O)c1ccc(CNC(=NC)NC(C)CCC(C)C)cc1.I. The zero-order valence-corrected chi connectivity index (χ0v) is 20.0. The molecule has 1 amide bonds. The third-order valence-corrected chi connectivity index (χ3v) is 4.50. The molecule has 0 saturated carbocycles. The minimum atomic E-state index is 0. The van der Waals surface area contributed by atoms with Crippen LogP contribution in [0.4, 0.5) is 0 Å². The van der Waals surface area contributed by atoms with E-state index in [4.69, 9.17) is 0 Å². The van der Waals surface area contributed by atoms with Crippen molar-refractivity contribution in [2.45, 2.75) is 60.0 Å². The first-order valence-electron chi connectivity index (χ1n) is 9.76. The molecule has 2 N–H and O–H groups in total. The van der Waals surface area contributed by atoms with Gasteiger partial charge in [0.15, 0.2) is 5.96 Å². The van der Waals surface area contributed by atoms with Crippen LogP contribution in [0.25, 0.3) is 0 Å². The van der Waals surface area contributed by atoms with Crippen molar-refractivity contribution < 1.29 is 4.79 Å². The molecule has 27 heavy (non-hydrogen) atoms. The number of benzene rings is 1. The molecule has 1 rings (SSSR count). The van der Waals surface area contributed by atoms with Crippen LogP contribution in [0.5, 0.6) is 0 Å². The normalized spacial score (nSPS) is 12.3. The van der Waals surface area contributed by atoms with Crippen LogP contribution in [0.1, 0.15) is 63.4 Å². The van der Waals surface area contributed by atoms with E-state index in [1.54, 1.807) is 7.05 Å². The molecule has 0 aliphatic carbocycles. The molecule has 1 atom stereocenters. The molecule has 0 heterocycles. The van der Waals surface area contributed by atoms with Crippen molar-refractivity contribution in [3.8, 4) is 0 Å². The Morgan fingerprint density at radius 1 is 1.07 bits per heavy atom. The summed E-state index contributed by atoms with van der Waals surface area (Å²) in [5, 5.41) is 6.77. The second-order valence-corrected chi connectivity index (χ2v) is 7.12. The van der Waals surface area contributed by atoms with Crippen molar-refractivity contribution >= 4 is 35.8 Å². The van der Waals surface area contributed by atoms with Gasteiger partial charge in [-0.15, -0.1) is 24.0 Å². The highest BCUT2D eigenvalue weighted by molar-refractivity contribution is 14.0. The first-order valence-corrected chi connectivity index (χ1v) is 9.76. The first kappa shape index (κ1) is 25.7. The fraction of sp³-hybridized carbons (Fsp3) is 0.619. The summed E-state index contributed by atoms with van der Waals surface area (Å²) in [6, 6.07) is 8.19. The molecular formula is C21H37IN4O. The largest absolute Gasteiger partial charge is 0.354 e. The highest BCUT2D eigenvalue weighted by Crippen LogP contribution is 2.08. The number of guanidine groups is 1. The molecule has 0 radical (unpaired) electrons. The summed E-state index contributed by atoms with van der Waals surface area (Å²) < 4.78 is 0. The molecule has 0 aromatic heterocycles. The second kappa shape index (κ2) is 13.8. The van der Waals surface area contributed by atoms with Gasteiger partial charge in [0.25, 0.3) is 5.91 Å². The van der Waals surface area contributed by atoms with Gasteiger partial charge in [-0.1, -0.05) is 26.0 Å². The van der Waals surface area contributed by atoms with Crippen molar-refractivity contribution in [2.24, 2.45) is 10.9 Å². The predicted octanol–water partition coefficient (Wildman–Crippen LogP) is 4.28. The Balaban J connectivity index is 0.00000676. The summed E-state index contributed by atoms with van der Waals surface area (Å²) in [5.41, 5.74) is 1.86. The number of hydrogen-bond donors (Lipinski definition) is 2. The van der Waals surface area contributed by atoms with Gasteiger partial charge >= 0.3 is 0 Å². The Morgan fingerprint density at radius 3 is 2.15 bits per heavy atom. The van der Waals surface area contributed by atoms with Crippen molar-refractivity contribution in [1.82, 2.24) is 15.5 Å². The zero-order chi connectivity index (χ0) is 19.5. The van der Waals surface area contributed by atoms with Crippen LogP contribution in [0.15, 0.2) is 29.3 Å². The predicted molar refractivity (Wildman–Crippen MR) is 126 cm³/mol. The lowest BCUT2D eigenvalue weighted by Crippen LogP contribution is -2.41. The van der Waals surface area contributed by atoms with Crippen LogP contribution < -0.4 is 10.6 Å². The lowest BCUT2D eigenvalue weighted by Gasteiger charge is -2.19. The van der Waals surface area contributed by atoms with Gasteiger partial charge in [0.2, 0.25) is 0 Å². The molecule has 0 spiro atoms. The summed E-state index contributed by atoms with van der Waals surface area (Å²) in [6.45, 7) is 12.8. The Kier molecular flexibility index (Phi) is 13.1. The molecule has 1 unspecified atom stereocenters. The van der Waals surface area contributed by atoms with Gasteiger partial charge in [-0.05, 0) is 57.2 Å². The molecule has 5 nitrogen and oxygen atoms in total. The topological polar surface area (TPSA) is 56.7 Å². The molecule has 1 aromatic rings. The van der Waals surface area contributed by atoms with Crippen molar-refractivity contribution in [2.75, 3.05) is 20.1 Å². The fourth-order valence-corrected chi connectivity index (χ4v) is 2.73. The van der Waals surface area contributed by atoms with Gasteiger partial charge in [-0.25, -0.2) is 0 Å². The Labute approximate surface area is 182 Å². The quantitative estimate of drug-likeness (QED) is 0.310. The highest BCUT2D eigenvalue weighted by atomic mass is 127. The summed E-state index contributed by atoms with van der Waals surface area (Å²) >= 11 is 0. The van der Waals surface area contributed by atoms with E-state index in [1.807, 2.05) is 43.0 Å². The lowest BCUT2D eigenvalue weighted by molar-refractivity contribution is 0.0773. The number of nitrogens with zero attached hydrogens (tertiary/aromatic N) is 2. The van der Waals surface area contributed by atoms with Gasteiger partial charge < -0.3 is 15.5 Å². The second-order valence-electron chi connectivity index (χ2n) is 7.12. The van der Waals surface area contributed by atoms with E-state index in [1.165, 1.54) is 6.42 Å². The average Bonchev–Trinajstić information content (AvgIpc) is 2.64. The Hall–Kier alpha value is -1.31. The maximum absolute atomic E-state index is 12.3. The van der Waals surface area contributed by atoms with Crippen molar-refractivity contribution in [3.63, 3.8) is 0 Å². The minimum Gasteiger partial charge on any atom is -0.354 e. The Bertz CT molecular complexity index is 568. The number of carbonyl (C=O) groups is 1. The number of carbonyl (C=O) groups excluding carboxylic acids is 1. The maximum atomic E-state index is 12.3. The maximum Gasteiger partial charge on any atom is 0.253 e. The van der Waals surface area contributed by atoms with Crippen LogP contribution in [0.3, 0.4) is 0 Å². The number of amides is 1. The van der Waals surface area contributed by atoms with E-state index in [-0.39, 0.29) is 29.9 Å². The number of aliphatic imine (C=N–C) groups is 1. The minimum absolute atomic E-state index is 0. The van der Waals surface area contributed by atoms with E-state index in [2.05, 4.69) is 36.4 Å². The molecule has 6 heteroatoms. The molecular weight excluding hydrogens is 451 g/mol. The molecule has 0 aliphatic heterocycles. The van der Waals surface area contributed by atoms with Crippen LogP contribution in [-0.4, -0.2) is 42.9 Å². The van der Waals surface area contributed by atoms with E-state index in [9.17, 15) is 4.79 Å². The summed E-state index contributed by atoms with van der Waals surface area (Å²) in [5.74, 6) is 1.61. The van der Waals surface area contributed by atoms with E-state index < -0.39 is 0 Å². The molecule has 0 fully saturated rings. The molecule has 0 bridgehead atoms. The number of rotatable bonds is 9. The van der Waals surface area contributed by atoms with Gasteiger partial charge in [0.05, 0.1) is 0 Å². The van der Waals surface area contributed by atoms with Crippen LogP contribution in [-0.2, 0) is 6.54 Å². The van der Waals surface area contributed by atoms with Gasteiger partial charge in [-0.3, -0.25) is 9.79 Å². The van der Waals surface area contributed by atoms with Gasteiger partial charge in [0, 0.05) is 38.3 Å². The van der Waals surface area contributed by atoms with E-state index in [0.717, 1.165) is 36.6 Å². The van der Waals surface area contributed by atoms with E-state index in [0.29, 0.717) is 18.5 Å². The van der Waals surface area contributed by atoms with Crippen LogP contribution in [0, 0.1) is 5.92 Å². The number of halogens is 1. The Morgan fingerprint density at radius 2 is 1.67 bits per heavy atom. The summed E-state index contributed by atoms with van der Waals surface area (Å²) in [4.78, 5) is 18.5. The van der Waals surface area contributed by atoms with Crippen LogP contribution in [0.2, 0.25) is 0 Å². The van der Waals surface area contributed by atoms with Crippen LogP contribution >= 0.6 is 24.0 Å². The molecule has 154 valence electrons. The fourth-order valence-electron chi connectivity index (χ4n) is 2.73.